The highest BCUT2D eigenvalue weighted by Crippen LogP contribution is 2.41. The van der Waals surface area contributed by atoms with E-state index in [1.165, 1.54) is 13.3 Å². The van der Waals surface area contributed by atoms with Crippen molar-refractivity contribution < 1.29 is 4.79 Å². The molecule has 1 heterocycles. The lowest BCUT2D eigenvalue weighted by Crippen LogP contribution is -2.58. The van der Waals surface area contributed by atoms with Crippen LogP contribution in [-0.4, -0.2) is 23.5 Å². The summed E-state index contributed by atoms with van der Waals surface area (Å²) in [5.74, 6) is 0.403. The first kappa shape index (κ1) is 15.3. The smallest absolute Gasteiger partial charge is 0.221 e. The average molecular weight is 314 g/mol. The van der Waals surface area contributed by atoms with Gasteiger partial charge < -0.3 is 16.8 Å². The number of nitrogens with zero attached hydrogens (tertiary/aromatic N) is 3. The lowest BCUT2D eigenvalue weighted by molar-refractivity contribution is -0.114. The number of carbonyl (C=O) groups is 1. The van der Waals surface area contributed by atoms with Crippen LogP contribution < -0.4 is 21.7 Å². The molecule has 1 saturated carbocycles. The van der Waals surface area contributed by atoms with Gasteiger partial charge in [-0.2, -0.15) is 4.99 Å². The molecule has 1 spiro atoms. The zero-order chi connectivity index (χ0) is 16.4. The summed E-state index contributed by atoms with van der Waals surface area (Å²) in [6.45, 7) is 1.48. The second kappa shape index (κ2) is 5.91. The summed E-state index contributed by atoms with van der Waals surface area (Å²) < 4.78 is 0. The molecule has 1 amide bonds. The Hall–Kier alpha value is -2.57. The standard InChI is InChI=1S/C16H22N6O/c1-11(23)19-12-7-3-4-8-13(12)22-15(18)20-14(17)21-16(22)9-5-2-6-10-16/h3-4,7-8H,2,5-6,9-10H2,1H3,(H,19,23)(H4,17,18,20,21). The molecule has 0 bridgehead atoms. The van der Waals surface area contributed by atoms with Crippen LogP contribution in [0, 0.1) is 0 Å². The monoisotopic (exact) mass is 314 g/mol. The van der Waals surface area contributed by atoms with Crippen molar-refractivity contribution in [3.8, 4) is 0 Å². The third-order valence-corrected chi connectivity index (χ3v) is 4.31. The van der Waals surface area contributed by atoms with Gasteiger partial charge in [0.1, 0.15) is 5.66 Å². The molecule has 0 atom stereocenters. The van der Waals surface area contributed by atoms with Crippen LogP contribution in [0.1, 0.15) is 39.0 Å². The van der Waals surface area contributed by atoms with E-state index in [0.29, 0.717) is 11.6 Å². The van der Waals surface area contributed by atoms with E-state index in [0.717, 1.165) is 31.4 Å². The van der Waals surface area contributed by atoms with E-state index in [1.807, 2.05) is 29.2 Å². The highest BCUT2D eigenvalue weighted by atomic mass is 16.1. The number of carbonyl (C=O) groups excluding carboxylic acids is 1. The summed E-state index contributed by atoms with van der Waals surface area (Å²) in [5, 5.41) is 2.85. The van der Waals surface area contributed by atoms with Gasteiger partial charge in [-0.15, -0.1) is 0 Å². The lowest BCUT2D eigenvalue weighted by Gasteiger charge is -2.46. The molecule has 7 nitrogen and oxygen atoms in total. The molecule has 0 aromatic heterocycles. The third-order valence-electron chi connectivity index (χ3n) is 4.31. The Balaban J connectivity index is 2.09. The second-order valence-electron chi connectivity index (χ2n) is 6.02. The number of benzene rings is 1. The molecule has 1 aromatic rings. The van der Waals surface area contributed by atoms with Gasteiger partial charge in [0.2, 0.25) is 17.8 Å². The lowest BCUT2D eigenvalue weighted by atomic mass is 9.87. The van der Waals surface area contributed by atoms with Crippen LogP contribution in [0.2, 0.25) is 0 Å². The van der Waals surface area contributed by atoms with Crippen LogP contribution >= 0.6 is 0 Å². The number of amides is 1. The van der Waals surface area contributed by atoms with Gasteiger partial charge in [0.15, 0.2) is 0 Å². The zero-order valence-electron chi connectivity index (χ0n) is 13.2. The van der Waals surface area contributed by atoms with E-state index in [9.17, 15) is 4.79 Å². The van der Waals surface area contributed by atoms with Gasteiger partial charge in [-0.3, -0.25) is 9.69 Å². The molecule has 1 aromatic carbocycles. The van der Waals surface area contributed by atoms with E-state index in [-0.39, 0.29) is 11.9 Å². The van der Waals surface area contributed by atoms with Crippen molar-refractivity contribution in [3.63, 3.8) is 0 Å². The summed E-state index contributed by atoms with van der Waals surface area (Å²) in [7, 11) is 0. The second-order valence-corrected chi connectivity index (χ2v) is 6.02. The molecular weight excluding hydrogens is 292 g/mol. The van der Waals surface area contributed by atoms with E-state index < -0.39 is 5.66 Å². The number of aliphatic imine (C=N–C) groups is 2. The van der Waals surface area contributed by atoms with Gasteiger partial charge in [0.05, 0.1) is 11.4 Å². The van der Waals surface area contributed by atoms with Gasteiger partial charge in [-0.1, -0.05) is 18.6 Å². The van der Waals surface area contributed by atoms with Crippen LogP contribution in [0.4, 0.5) is 11.4 Å². The zero-order valence-corrected chi connectivity index (χ0v) is 13.2. The van der Waals surface area contributed by atoms with Crippen LogP contribution in [0.15, 0.2) is 34.3 Å². The minimum Gasteiger partial charge on any atom is -0.369 e. The molecule has 0 unspecified atom stereocenters. The first-order chi connectivity index (χ1) is 11.0. The molecule has 0 radical (unpaired) electrons. The summed E-state index contributed by atoms with van der Waals surface area (Å²) in [6.07, 6.45) is 5.01. The van der Waals surface area contributed by atoms with Gasteiger partial charge in [-0.25, -0.2) is 4.99 Å². The van der Waals surface area contributed by atoms with Crippen molar-refractivity contribution in [2.24, 2.45) is 21.5 Å². The first-order valence-electron chi connectivity index (χ1n) is 7.88. The third kappa shape index (κ3) is 2.86. The van der Waals surface area contributed by atoms with Gasteiger partial charge in [-0.05, 0) is 37.8 Å². The van der Waals surface area contributed by atoms with Crippen LogP contribution in [0.25, 0.3) is 0 Å². The van der Waals surface area contributed by atoms with E-state index in [4.69, 9.17) is 11.5 Å². The number of hydrogen-bond acceptors (Lipinski definition) is 6. The normalized spacial score (nSPS) is 20.0. The topological polar surface area (TPSA) is 109 Å². The van der Waals surface area contributed by atoms with Crippen LogP contribution in [0.5, 0.6) is 0 Å². The maximum Gasteiger partial charge on any atom is 0.221 e. The van der Waals surface area contributed by atoms with Crippen LogP contribution in [0.3, 0.4) is 0 Å². The van der Waals surface area contributed by atoms with E-state index in [1.54, 1.807) is 0 Å². The molecule has 2 aliphatic rings. The molecule has 0 saturated heterocycles. The Morgan fingerprint density at radius 3 is 2.61 bits per heavy atom. The van der Waals surface area contributed by atoms with Gasteiger partial charge in [0, 0.05) is 6.92 Å². The Morgan fingerprint density at radius 2 is 1.91 bits per heavy atom. The molecule has 1 aliphatic carbocycles. The maximum absolute atomic E-state index is 11.5. The summed E-state index contributed by atoms with van der Waals surface area (Å²) in [6, 6.07) is 7.55. The summed E-state index contributed by atoms with van der Waals surface area (Å²) >= 11 is 0. The highest BCUT2D eigenvalue weighted by molar-refractivity contribution is 6.08. The fourth-order valence-corrected chi connectivity index (χ4v) is 3.43. The number of rotatable bonds is 2. The van der Waals surface area contributed by atoms with Crippen molar-refractivity contribution in [3.05, 3.63) is 24.3 Å². The van der Waals surface area contributed by atoms with Crippen molar-refractivity contribution in [1.82, 2.24) is 0 Å². The summed E-state index contributed by atoms with van der Waals surface area (Å²) in [4.78, 5) is 22.2. The predicted octanol–water partition coefficient (Wildman–Crippen LogP) is 1.75. The number of guanidine groups is 2. The fourth-order valence-electron chi connectivity index (χ4n) is 3.43. The van der Waals surface area contributed by atoms with Gasteiger partial charge >= 0.3 is 0 Å². The predicted molar refractivity (Wildman–Crippen MR) is 92.3 cm³/mol. The van der Waals surface area contributed by atoms with Crippen molar-refractivity contribution >= 4 is 29.2 Å². The maximum atomic E-state index is 11.5. The molecule has 7 heteroatoms. The molecule has 1 fully saturated rings. The molecule has 5 N–H and O–H groups in total. The Bertz CT molecular complexity index is 675. The number of para-hydroxylation sites is 2. The first-order valence-corrected chi connectivity index (χ1v) is 7.88. The Labute approximate surface area is 135 Å². The number of nitrogens with one attached hydrogen (secondary N) is 1. The van der Waals surface area contributed by atoms with Crippen molar-refractivity contribution in [2.75, 3.05) is 10.2 Å². The minimum atomic E-state index is -0.511. The average Bonchev–Trinajstić information content (AvgIpc) is 2.48. The van der Waals surface area contributed by atoms with Crippen LogP contribution in [-0.2, 0) is 4.79 Å². The van der Waals surface area contributed by atoms with E-state index >= 15 is 0 Å². The van der Waals surface area contributed by atoms with E-state index in [2.05, 4.69) is 15.3 Å². The Kier molecular flexibility index (Phi) is 3.94. The highest BCUT2D eigenvalue weighted by Gasteiger charge is 2.43. The largest absolute Gasteiger partial charge is 0.369 e. The molecule has 122 valence electrons. The minimum absolute atomic E-state index is 0.134. The quantitative estimate of drug-likeness (QED) is 0.772. The fraction of sp³-hybridized carbons (Fsp3) is 0.438. The molecule has 23 heavy (non-hydrogen) atoms. The Morgan fingerprint density at radius 1 is 1.22 bits per heavy atom. The van der Waals surface area contributed by atoms with Crippen molar-refractivity contribution in [2.45, 2.75) is 44.7 Å². The van der Waals surface area contributed by atoms with Gasteiger partial charge in [0.25, 0.3) is 0 Å². The van der Waals surface area contributed by atoms with Crippen molar-refractivity contribution in [1.29, 1.82) is 0 Å². The number of hydrogen-bond donors (Lipinski definition) is 3. The SMILES string of the molecule is CC(=O)Nc1ccccc1N1C(N)=NC(N)=NC12CCCCC2. The number of nitrogens with two attached hydrogens (primary N) is 2. The molecule has 1 aliphatic heterocycles. The summed E-state index contributed by atoms with van der Waals surface area (Å²) in [5.41, 5.74) is 13.1. The number of anilines is 2. The molecular formula is C16H22N6O. The molecule has 3 rings (SSSR count).